The van der Waals surface area contributed by atoms with Crippen molar-refractivity contribution in [3.8, 4) is 6.07 Å². The van der Waals surface area contributed by atoms with Gasteiger partial charge in [-0.05, 0) is 25.2 Å². The summed E-state index contributed by atoms with van der Waals surface area (Å²) in [6.45, 7) is 5.94. The van der Waals surface area contributed by atoms with Crippen LogP contribution in [0, 0.1) is 17.9 Å². The number of nitrogens with one attached hydrogen (secondary N) is 2. The fourth-order valence-corrected chi connectivity index (χ4v) is 4.36. The molecule has 0 aliphatic rings. The first-order chi connectivity index (χ1) is 19.9. The zero-order chi connectivity index (χ0) is 31.9. The van der Waals surface area contributed by atoms with Gasteiger partial charge < -0.3 is 32.0 Å². The van der Waals surface area contributed by atoms with Crippen molar-refractivity contribution in [2.24, 2.45) is 23.3 Å². The van der Waals surface area contributed by atoms with Crippen LogP contribution in [0.25, 0.3) is 4.85 Å². The Morgan fingerprint density at radius 2 is 1.45 bits per heavy atom. The summed E-state index contributed by atoms with van der Waals surface area (Å²) in [5, 5.41) is 15.2. The topological polar surface area (TPSA) is 203 Å². The third-order valence-corrected chi connectivity index (χ3v) is 6.64. The van der Waals surface area contributed by atoms with E-state index in [4.69, 9.17) is 11.5 Å². The van der Waals surface area contributed by atoms with Gasteiger partial charge in [0.05, 0.1) is 25.0 Å². The van der Waals surface area contributed by atoms with Crippen molar-refractivity contribution in [3.63, 3.8) is 0 Å². The van der Waals surface area contributed by atoms with Crippen molar-refractivity contribution in [2.45, 2.75) is 135 Å². The number of hydrogen-bond donors (Lipinski definition) is 5. The van der Waals surface area contributed by atoms with E-state index in [2.05, 4.69) is 28.5 Å². The highest BCUT2D eigenvalue weighted by Crippen LogP contribution is 2.13. The van der Waals surface area contributed by atoms with E-state index in [0.717, 1.165) is 25.7 Å². The number of amides is 5. The summed E-state index contributed by atoms with van der Waals surface area (Å²) in [4.78, 5) is 75.8. The van der Waals surface area contributed by atoms with Crippen LogP contribution in [0.1, 0.15) is 117 Å². The van der Waals surface area contributed by atoms with Gasteiger partial charge in [-0.2, -0.15) is 4.79 Å². The van der Waals surface area contributed by atoms with Gasteiger partial charge in [-0.1, -0.05) is 78.6 Å². The van der Waals surface area contributed by atoms with Gasteiger partial charge in [-0.3, -0.25) is 19.2 Å². The Morgan fingerprint density at radius 3 is 1.98 bits per heavy atom. The lowest BCUT2D eigenvalue weighted by atomic mass is 10.0. The molecule has 0 saturated carbocycles. The molecule has 0 aliphatic heterocycles. The number of aliphatic hydroxyl groups excluding tert-OH is 1. The summed E-state index contributed by atoms with van der Waals surface area (Å²) in [6.07, 6.45) is 9.47. The Labute approximate surface area is 249 Å². The van der Waals surface area contributed by atoms with Crippen LogP contribution in [0.15, 0.2) is 0 Å². The maximum absolute atomic E-state index is 12.8. The number of carbonyl (C=O) groups excluding carboxylic acids is 6. The van der Waals surface area contributed by atoms with Crippen LogP contribution >= 0.6 is 0 Å². The number of carbonyl (C=O) groups is 6. The molecule has 0 radical (unpaired) electrons. The molecule has 238 valence electrons. The minimum Gasteiger partial charge on any atom is -0.393 e. The van der Waals surface area contributed by atoms with E-state index in [1.165, 1.54) is 32.1 Å². The van der Waals surface area contributed by atoms with Gasteiger partial charge in [0, 0.05) is 11.3 Å². The monoisotopic (exact) mass is 594 g/mol. The van der Waals surface area contributed by atoms with Crippen molar-refractivity contribution >= 4 is 35.8 Å². The van der Waals surface area contributed by atoms with Gasteiger partial charge in [0.15, 0.2) is 12.0 Å². The van der Waals surface area contributed by atoms with E-state index in [1.54, 1.807) is 0 Å². The van der Waals surface area contributed by atoms with Crippen LogP contribution in [0.2, 0.25) is 0 Å². The van der Waals surface area contributed by atoms with Crippen molar-refractivity contribution in [1.29, 1.82) is 0 Å². The molecule has 0 heterocycles. The number of aldehydes is 1. The normalized spacial score (nSPS) is 13.6. The van der Waals surface area contributed by atoms with Crippen LogP contribution < -0.4 is 22.1 Å². The Bertz CT molecular complexity index is 929. The second kappa shape index (κ2) is 23.3. The van der Waals surface area contributed by atoms with Gasteiger partial charge in [-0.25, -0.2) is 0 Å². The number of rotatable bonds is 24. The maximum atomic E-state index is 12.8. The van der Waals surface area contributed by atoms with E-state index in [1.807, 2.05) is 13.8 Å². The lowest BCUT2D eigenvalue weighted by Gasteiger charge is -2.16. The minimum absolute atomic E-state index is 0.116. The smallest absolute Gasteiger partial charge is 0.393 e. The van der Waals surface area contributed by atoms with Gasteiger partial charge in [0.1, 0.15) is 6.29 Å². The molecular weight excluding hydrogens is 542 g/mol. The van der Waals surface area contributed by atoms with E-state index >= 15 is 0 Å². The molecule has 0 rings (SSSR count). The molecule has 5 amide bonds. The van der Waals surface area contributed by atoms with Gasteiger partial charge in [-0.15, -0.1) is 0 Å². The largest absolute Gasteiger partial charge is 0.537 e. The average molecular weight is 595 g/mol. The lowest BCUT2D eigenvalue weighted by Crippen LogP contribution is -2.43. The molecule has 0 aliphatic carbocycles. The lowest BCUT2D eigenvalue weighted by molar-refractivity contribution is -0.129. The Kier molecular flexibility index (Phi) is 21.4. The number of aliphatic hydroxyl groups is 1. The van der Waals surface area contributed by atoms with Crippen LogP contribution in [-0.2, 0) is 28.8 Å². The average Bonchev–Trinajstić information content (AvgIpc) is 2.90. The fraction of sp³-hybridized carbons (Fsp3) is 0.767. The fourth-order valence-electron chi connectivity index (χ4n) is 4.36. The van der Waals surface area contributed by atoms with Crippen LogP contribution in [0.3, 0.4) is 0 Å². The first kappa shape index (κ1) is 38.7. The molecular formula is C30H52N5O7+. The predicted molar refractivity (Wildman–Crippen MR) is 160 cm³/mol. The number of nitrogens with two attached hydrogens (primary N) is 2. The number of nitrogens with zero attached hydrogens (tertiary/aromatic N) is 1. The minimum atomic E-state index is -1.43. The first-order valence-corrected chi connectivity index (χ1v) is 15.2. The summed E-state index contributed by atoms with van der Waals surface area (Å²) in [6, 6.07) is 0.163. The van der Waals surface area contributed by atoms with E-state index < -0.39 is 60.1 Å². The molecule has 12 nitrogen and oxygen atoms in total. The SMILES string of the molecule is CCCCCCCCCCCC(O)CC(=O)N[C@@H](CC(N)=O)C(=O)[N+]#CC(CCC(N)=O)C(=O)N[C@H](C=O)CC(C)C. The molecule has 0 aromatic rings. The summed E-state index contributed by atoms with van der Waals surface area (Å²) in [5.41, 5.74) is 10.4. The highest BCUT2D eigenvalue weighted by molar-refractivity contribution is 5.98. The molecule has 42 heavy (non-hydrogen) atoms. The molecule has 4 atom stereocenters. The highest BCUT2D eigenvalue weighted by Gasteiger charge is 2.33. The van der Waals surface area contributed by atoms with Crippen molar-refractivity contribution < 1.29 is 33.9 Å². The number of primary amides is 2. The number of hydrogen-bond acceptors (Lipinski definition) is 7. The van der Waals surface area contributed by atoms with Crippen molar-refractivity contribution in [2.75, 3.05) is 0 Å². The first-order valence-electron chi connectivity index (χ1n) is 15.2. The Hall–Kier alpha value is -3.33. The van der Waals surface area contributed by atoms with Crippen molar-refractivity contribution in [1.82, 2.24) is 10.6 Å². The van der Waals surface area contributed by atoms with Crippen LogP contribution in [-0.4, -0.2) is 59.1 Å². The van der Waals surface area contributed by atoms with Gasteiger partial charge >= 0.3 is 5.91 Å². The third kappa shape index (κ3) is 20.5. The zero-order valence-corrected chi connectivity index (χ0v) is 25.6. The van der Waals surface area contributed by atoms with E-state index in [9.17, 15) is 33.9 Å². The molecule has 0 fully saturated rings. The Morgan fingerprint density at radius 1 is 0.857 bits per heavy atom. The predicted octanol–water partition coefficient (Wildman–Crippen LogP) is 2.49. The highest BCUT2D eigenvalue weighted by atomic mass is 16.3. The molecule has 0 aromatic heterocycles. The molecule has 0 saturated heterocycles. The summed E-state index contributed by atoms with van der Waals surface area (Å²) >= 11 is 0. The van der Waals surface area contributed by atoms with Gasteiger partial charge in [0.2, 0.25) is 23.6 Å². The van der Waals surface area contributed by atoms with Crippen LogP contribution in [0.4, 0.5) is 0 Å². The molecule has 2 unspecified atom stereocenters. The van der Waals surface area contributed by atoms with E-state index in [0.29, 0.717) is 19.1 Å². The Balaban J connectivity index is 5.09. The molecule has 12 heteroatoms. The molecule has 7 N–H and O–H groups in total. The summed E-state index contributed by atoms with van der Waals surface area (Å²) in [5.74, 6) is -4.95. The van der Waals surface area contributed by atoms with Gasteiger partial charge in [0.25, 0.3) is 6.07 Å². The second-order valence-corrected chi connectivity index (χ2v) is 11.3. The quantitative estimate of drug-likeness (QED) is 0.0833. The summed E-state index contributed by atoms with van der Waals surface area (Å²) in [7, 11) is 0. The summed E-state index contributed by atoms with van der Waals surface area (Å²) < 4.78 is 0. The van der Waals surface area contributed by atoms with Crippen molar-refractivity contribution in [3.05, 3.63) is 4.85 Å². The standard InChI is InChI=1S/C30H51N5O7/c1-4-5-6-7-8-9-10-11-12-13-24(37)17-28(40)35-25(18-27(32)39)30(42)33-19-22(14-15-26(31)38)29(41)34-23(20-36)16-21(2)3/h20-25,37H,4-18H2,1-3H3,(H5-,31,32,34,35,38,39,40,41)/p+1/t22?,23-,24?,25-/m0/s1. The molecule has 0 aromatic carbocycles. The van der Waals surface area contributed by atoms with E-state index in [-0.39, 0.29) is 25.2 Å². The molecule has 0 bridgehead atoms. The number of unbranched alkanes of at least 4 members (excludes halogenated alkanes) is 8. The second-order valence-electron chi connectivity index (χ2n) is 11.3. The molecule has 0 spiro atoms. The maximum Gasteiger partial charge on any atom is 0.537 e. The van der Waals surface area contributed by atoms with Crippen LogP contribution in [0.5, 0.6) is 0 Å². The third-order valence-electron chi connectivity index (χ3n) is 6.64. The zero-order valence-electron chi connectivity index (χ0n) is 25.6.